The molecular formula is C29H35ClF5N5O4S. The molecular weight excluding hydrogens is 645 g/mol. The minimum atomic E-state index is -4.26. The van der Waals surface area contributed by atoms with Gasteiger partial charge in [-0.25, -0.2) is 21.5 Å². The highest BCUT2D eigenvalue weighted by atomic mass is 35.5. The van der Waals surface area contributed by atoms with Crippen molar-refractivity contribution in [3.8, 4) is 0 Å². The molecule has 4 rings (SSSR count). The molecule has 2 amide bonds. The molecule has 2 heterocycles. The minimum absolute atomic E-state index is 0.129. The first kappa shape index (κ1) is 34.9. The fourth-order valence-corrected chi connectivity index (χ4v) is 6.63. The molecule has 248 valence electrons. The molecule has 0 aliphatic carbocycles. The third kappa shape index (κ3) is 9.05. The van der Waals surface area contributed by atoms with Crippen molar-refractivity contribution < 1.29 is 40.0 Å². The van der Waals surface area contributed by atoms with E-state index in [0.717, 1.165) is 12.3 Å². The molecule has 0 aromatic heterocycles. The Bertz CT molecular complexity index is 1520. The van der Waals surface area contributed by atoms with E-state index in [-0.39, 0.29) is 43.5 Å². The minimum Gasteiger partial charge on any atom is -0.365 e. The Balaban J connectivity index is 1.40. The van der Waals surface area contributed by atoms with Crippen LogP contribution >= 0.6 is 11.6 Å². The van der Waals surface area contributed by atoms with Crippen molar-refractivity contribution in [3.63, 3.8) is 0 Å². The monoisotopic (exact) mass is 679 g/mol. The van der Waals surface area contributed by atoms with Gasteiger partial charge in [0.2, 0.25) is 15.9 Å². The molecule has 1 atom stereocenters. The van der Waals surface area contributed by atoms with E-state index in [1.165, 1.54) is 22.5 Å². The van der Waals surface area contributed by atoms with Crippen LogP contribution in [0.1, 0.15) is 42.1 Å². The number of anilines is 2. The van der Waals surface area contributed by atoms with Crippen molar-refractivity contribution in [2.24, 2.45) is 5.92 Å². The molecule has 45 heavy (non-hydrogen) atoms. The van der Waals surface area contributed by atoms with Crippen molar-refractivity contribution in [2.45, 2.75) is 44.9 Å². The number of hydrogen-bond donors (Lipinski definition) is 2. The summed E-state index contributed by atoms with van der Waals surface area (Å²) in [5, 5.41) is 5.50. The predicted molar refractivity (Wildman–Crippen MR) is 161 cm³/mol. The van der Waals surface area contributed by atoms with Crippen LogP contribution in [0.3, 0.4) is 0 Å². The summed E-state index contributed by atoms with van der Waals surface area (Å²) >= 11 is 6.21. The van der Waals surface area contributed by atoms with Gasteiger partial charge in [-0.1, -0.05) is 17.7 Å². The maximum absolute atomic E-state index is 15.1. The normalized spacial score (nSPS) is 19.0. The predicted octanol–water partition coefficient (Wildman–Crippen LogP) is 4.62. The first-order valence-electron chi connectivity index (χ1n) is 14.4. The SMILES string of the molecule is C[C@@H]1CN(CCC(F)(F)F)CCN1c1cc(Cl)ccc1NC(=O)c1ccc(CNC(=O)C2CCN(S(C)(=O)=O)CC2)c(F)c1F. The molecule has 2 aromatic rings. The summed E-state index contributed by atoms with van der Waals surface area (Å²) < 4.78 is 92.8. The second kappa shape index (κ2) is 14.2. The van der Waals surface area contributed by atoms with Crippen molar-refractivity contribution >= 4 is 44.8 Å². The molecule has 0 radical (unpaired) electrons. The topological polar surface area (TPSA) is 102 Å². The summed E-state index contributed by atoms with van der Waals surface area (Å²) in [6, 6.07) is 6.68. The van der Waals surface area contributed by atoms with E-state index in [4.69, 9.17) is 11.6 Å². The number of halogens is 6. The Hall–Kier alpha value is -3.01. The molecule has 2 N–H and O–H groups in total. The van der Waals surface area contributed by atoms with E-state index in [2.05, 4.69) is 10.6 Å². The van der Waals surface area contributed by atoms with Crippen LogP contribution in [0.25, 0.3) is 0 Å². The summed E-state index contributed by atoms with van der Waals surface area (Å²) in [6.07, 6.45) is -3.48. The van der Waals surface area contributed by atoms with Crippen molar-refractivity contribution in [3.05, 3.63) is 58.1 Å². The summed E-state index contributed by atoms with van der Waals surface area (Å²) in [6.45, 7) is 2.79. The Morgan fingerprint density at radius 1 is 1.02 bits per heavy atom. The largest absolute Gasteiger partial charge is 0.390 e. The molecule has 2 saturated heterocycles. The average Bonchev–Trinajstić information content (AvgIpc) is 2.97. The lowest BCUT2D eigenvalue weighted by molar-refractivity contribution is -0.138. The number of carbonyl (C=O) groups is 2. The molecule has 2 fully saturated rings. The summed E-state index contributed by atoms with van der Waals surface area (Å²) in [5.74, 6) is -4.51. The summed E-state index contributed by atoms with van der Waals surface area (Å²) in [4.78, 5) is 29.3. The molecule has 0 spiro atoms. The van der Waals surface area contributed by atoms with Crippen molar-refractivity contribution in [1.82, 2.24) is 14.5 Å². The number of nitrogens with zero attached hydrogens (tertiary/aromatic N) is 3. The summed E-state index contributed by atoms with van der Waals surface area (Å²) in [5.41, 5.74) is 0.0106. The second-order valence-corrected chi connectivity index (χ2v) is 13.8. The van der Waals surface area contributed by atoms with E-state index in [9.17, 15) is 31.2 Å². The average molecular weight is 680 g/mol. The molecule has 0 bridgehead atoms. The first-order valence-corrected chi connectivity index (χ1v) is 16.6. The lowest BCUT2D eigenvalue weighted by Crippen LogP contribution is -2.52. The molecule has 0 saturated carbocycles. The molecule has 2 aliphatic rings. The summed E-state index contributed by atoms with van der Waals surface area (Å²) in [7, 11) is -3.36. The number of sulfonamides is 1. The van der Waals surface area contributed by atoms with Gasteiger partial charge in [-0.3, -0.25) is 14.5 Å². The van der Waals surface area contributed by atoms with Crippen LogP contribution in [0, 0.1) is 17.6 Å². The Kier molecular flexibility index (Phi) is 11.0. The number of hydrogen-bond acceptors (Lipinski definition) is 6. The van der Waals surface area contributed by atoms with Crippen molar-refractivity contribution in [1.29, 1.82) is 0 Å². The molecule has 0 unspecified atom stereocenters. The zero-order valence-electron chi connectivity index (χ0n) is 24.8. The fraction of sp³-hybridized carbons (Fsp3) is 0.517. The van der Waals surface area contributed by atoms with E-state index in [1.807, 2.05) is 11.8 Å². The number of piperazine rings is 1. The number of amides is 2. The van der Waals surface area contributed by atoms with Gasteiger partial charge in [0.1, 0.15) is 0 Å². The van der Waals surface area contributed by atoms with Gasteiger partial charge in [0.25, 0.3) is 5.91 Å². The standard InChI is InChI=1S/C29H35ClF5N5O4S/c1-18-17-38(12-9-29(33,34)35)13-14-40(18)24-15-21(30)4-6-23(24)37-28(42)22-5-3-20(25(31)26(22)32)16-36-27(41)19-7-10-39(11-8-19)45(2,43)44/h3-6,15,18-19H,7-14,16-17H2,1-2H3,(H,36,41)(H,37,42)/t18-/m1/s1. The quantitative estimate of drug-likeness (QED) is 0.375. The maximum atomic E-state index is 15.1. The van der Waals surface area contributed by atoms with E-state index in [0.29, 0.717) is 43.2 Å². The number of carbonyl (C=O) groups excluding carboxylic acids is 2. The van der Waals surface area contributed by atoms with Crippen molar-refractivity contribution in [2.75, 3.05) is 55.7 Å². The zero-order valence-corrected chi connectivity index (χ0v) is 26.3. The van der Waals surface area contributed by atoms with Gasteiger partial charge >= 0.3 is 6.18 Å². The van der Waals surface area contributed by atoms with Gasteiger partial charge in [0.15, 0.2) is 11.6 Å². The molecule has 9 nitrogen and oxygen atoms in total. The van der Waals surface area contributed by atoms with Crippen LogP contribution in [-0.4, -0.2) is 87.2 Å². The fourth-order valence-electron chi connectivity index (χ4n) is 5.59. The molecule has 2 aromatic carbocycles. The van der Waals surface area contributed by atoms with Crippen LogP contribution in [0.4, 0.5) is 33.3 Å². The third-order valence-electron chi connectivity index (χ3n) is 8.09. The van der Waals surface area contributed by atoms with Crippen LogP contribution in [0.15, 0.2) is 30.3 Å². The Morgan fingerprint density at radius 2 is 1.71 bits per heavy atom. The lowest BCUT2D eigenvalue weighted by atomic mass is 9.97. The Morgan fingerprint density at radius 3 is 2.33 bits per heavy atom. The van der Waals surface area contributed by atoms with Gasteiger partial charge in [-0.05, 0) is 44.0 Å². The second-order valence-electron chi connectivity index (χ2n) is 11.4. The number of piperidine rings is 1. The zero-order chi connectivity index (χ0) is 33.1. The van der Waals surface area contributed by atoms with E-state index in [1.54, 1.807) is 11.0 Å². The smallest absolute Gasteiger partial charge is 0.365 e. The first-order chi connectivity index (χ1) is 21.0. The molecule has 2 aliphatic heterocycles. The van der Waals surface area contributed by atoms with E-state index >= 15 is 8.78 Å². The van der Waals surface area contributed by atoms with Gasteiger partial charge in [-0.15, -0.1) is 0 Å². The van der Waals surface area contributed by atoms with Crippen LogP contribution < -0.4 is 15.5 Å². The highest BCUT2D eigenvalue weighted by molar-refractivity contribution is 7.88. The lowest BCUT2D eigenvalue weighted by Gasteiger charge is -2.42. The van der Waals surface area contributed by atoms with Gasteiger partial charge in [-0.2, -0.15) is 13.2 Å². The third-order valence-corrected chi connectivity index (χ3v) is 9.63. The maximum Gasteiger partial charge on any atom is 0.390 e. The molecule has 16 heteroatoms. The van der Waals surface area contributed by atoms with Gasteiger partial charge in [0.05, 0.1) is 29.6 Å². The number of rotatable bonds is 9. The van der Waals surface area contributed by atoms with Crippen LogP contribution in [0.5, 0.6) is 0 Å². The van der Waals surface area contributed by atoms with Gasteiger partial charge in [0, 0.05) is 68.4 Å². The van der Waals surface area contributed by atoms with Crippen LogP contribution in [0.2, 0.25) is 5.02 Å². The number of benzene rings is 2. The Labute approximate surface area is 263 Å². The van der Waals surface area contributed by atoms with E-state index < -0.39 is 57.6 Å². The van der Waals surface area contributed by atoms with Gasteiger partial charge < -0.3 is 15.5 Å². The highest BCUT2D eigenvalue weighted by Crippen LogP contribution is 2.33. The van der Waals surface area contributed by atoms with Crippen LogP contribution in [-0.2, 0) is 21.4 Å². The number of alkyl halides is 3. The highest BCUT2D eigenvalue weighted by Gasteiger charge is 2.32. The number of nitrogens with one attached hydrogen (secondary N) is 2.